The summed E-state index contributed by atoms with van der Waals surface area (Å²) in [6.07, 6.45) is 0.992. The molecule has 0 aliphatic carbocycles. The zero-order valence-electron chi connectivity index (χ0n) is 14.7. The zero-order chi connectivity index (χ0) is 19.3. The Balaban J connectivity index is 1.39. The molecule has 0 saturated carbocycles. The number of aromatic nitrogens is 2. The van der Waals surface area contributed by atoms with E-state index in [1.807, 2.05) is 30.3 Å². The Labute approximate surface area is 175 Å². The van der Waals surface area contributed by atoms with E-state index in [1.54, 1.807) is 11.6 Å². The predicted molar refractivity (Wildman–Crippen MR) is 110 cm³/mol. The molecule has 4 rings (SSSR count). The fourth-order valence-corrected chi connectivity index (χ4v) is 4.43. The standard InChI is InChI=1S/C19H16ClN3O3S2/c20-15-8-12(9-16-18(15)26-7-1-6-25-16)10-17(24)22-13-2-4-14(5-3-13)28-19-23-21-11-27-19/h2-5,8-9,11H,1,6-7,10H2,(H,22,24). The minimum Gasteiger partial charge on any atom is -0.489 e. The molecule has 28 heavy (non-hydrogen) atoms. The molecule has 2 aromatic carbocycles. The monoisotopic (exact) mass is 433 g/mol. The zero-order valence-corrected chi connectivity index (χ0v) is 17.1. The number of hydrogen-bond donors (Lipinski definition) is 1. The molecule has 1 aliphatic heterocycles. The number of carbonyl (C=O) groups is 1. The smallest absolute Gasteiger partial charge is 0.228 e. The van der Waals surface area contributed by atoms with E-state index < -0.39 is 0 Å². The summed E-state index contributed by atoms with van der Waals surface area (Å²) in [5.74, 6) is 1.01. The Bertz CT molecular complexity index is 965. The number of nitrogens with one attached hydrogen (secondary N) is 1. The number of halogens is 1. The molecule has 0 saturated heterocycles. The Hall–Kier alpha value is -2.29. The van der Waals surface area contributed by atoms with Gasteiger partial charge in [-0.05, 0) is 42.0 Å². The first-order valence-corrected chi connectivity index (χ1v) is 10.7. The molecule has 1 aromatic heterocycles. The second kappa shape index (κ2) is 8.81. The van der Waals surface area contributed by atoms with Crippen molar-refractivity contribution in [1.82, 2.24) is 10.2 Å². The van der Waals surface area contributed by atoms with Crippen LogP contribution in [0.15, 0.2) is 51.1 Å². The summed E-state index contributed by atoms with van der Waals surface area (Å²) >= 11 is 9.31. The number of anilines is 1. The second-order valence-corrected chi connectivity index (χ2v) is 8.57. The normalized spacial score (nSPS) is 13.0. The lowest BCUT2D eigenvalue weighted by atomic mass is 10.1. The molecular formula is C19H16ClN3O3S2. The summed E-state index contributed by atoms with van der Waals surface area (Å²) in [5, 5.41) is 11.2. The molecule has 0 spiro atoms. The van der Waals surface area contributed by atoms with E-state index in [2.05, 4.69) is 15.5 Å². The molecule has 0 fully saturated rings. The van der Waals surface area contributed by atoms with Crippen molar-refractivity contribution >= 4 is 46.3 Å². The Kier molecular flexibility index (Phi) is 5.99. The van der Waals surface area contributed by atoms with E-state index >= 15 is 0 Å². The van der Waals surface area contributed by atoms with Crippen molar-refractivity contribution in [2.75, 3.05) is 18.5 Å². The highest BCUT2D eigenvalue weighted by atomic mass is 35.5. The van der Waals surface area contributed by atoms with Gasteiger partial charge in [0.25, 0.3) is 0 Å². The molecule has 3 aromatic rings. The van der Waals surface area contributed by atoms with Crippen LogP contribution in [0.4, 0.5) is 5.69 Å². The summed E-state index contributed by atoms with van der Waals surface area (Å²) in [5.41, 5.74) is 3.20. The topological polar surface area (TPSA) is 73.3 Å². The predicted octanol–water partition coefficient (Wildman–Crippen LogP) is 4.69. The van der Waals surface area contributed by atoms with Gasteiger partial charge in [0.15, 0.2) is 15.8 Å². The Morgan fingerprint density at radius 2 is 2.04 bits per heavy atom. The molecule has 0 atom stereocenters. The summed E-state index contributed by atoms with van der Waals surface area (Å²) in [4.78, 5) is 13.5. The number of ether oxygens (including phenoxy) is 2. The summed E-state index contributed by atoms with van der Waals surface area (Å²) in [6.45, 7) is 1.14. The van der Waals surface area contributed by atoms with E-state index in [-0.39, 0.29) is 12.3 Å². The molecule has 1 amide bonds. The van der Waals surface area contributed by atoms with Gasteiger partial charge in [-0.2, -0.15) is 0 Å². The molecule has 144 valence electrons. The van der Waals surface area contributed by atoms with Crippen LogP contribution in [0.3, 0.4) is 0 Å². The van der Waals surface area contributed by atoms with E-state index in [0.29, 0.717) is 29.7 Å². The highest BCUT2D eigenvalue weighted by Gasteiger charge is 2.17. The first-order valence-electron chi connectivity index (χ1n) is 8.59. The molecule has 1 aliphatic rings. The van der Waals surface area contributed by atoms with Crippen LogP contribution < -0.4 is 14.8 Å². The number of amides is 1. The van der Waals surface area contributed by atoms with Crippen LogP contribution in [0.1, 0.15) is 12.0 Å². The van der Waals surface area contributed by atoms with E-state index in [9.17, 15) is 4.79 Å². The maximum atomic E-state index is 12.4. The van der Waals surface area contributed by atoms with Crippen molar-refractivity contribution in [3.05, 3.63) is 52.5 Å². The number of nitrogens with zero attached hydrogens (tertiary/aromatic N) is 2. The minimum atomic E-state index is -0.130. The third-order valence-corrected chi connectivity index (χ3v) is 5.98. The maximum absolute atomic E-state index is 12.4. The lowest BCUT2D eigenvalue weighted by Crippen LogP contribution is -2.14. The first kappa shape index (κ1) is 19.0. The number of rotatable bonds is 5. The van der Waals surface area contributed by atoms with Crippen molar-refractivity contribution in [3.63, 3.8) is 0 Å². The van der Waals surface area contributed by atoms with Crippen LogP contribution in [-0.4, -0.2) is 29.3 Å². The van der Waals surface area contributed by atoms with Gasteiger partial charge in [-0.1, -0.05) is 34.7 Å². The molecule has 0 radical (unpaired) electrons. The van der Waals surface area contributed by atoms with Gasteiger partial charge in [-0.15, -0.1) is 10.2 Å². The van der Waals surface area contributed by atoms with Crippen LogP contribution in [0, 0.1) is 0 Å². The maximum Gasteiger partial charge on any atom is 0.228 e. The van der Waals surface area contributed by atoms with Crippen molar-refractivity contribution in [3.8, 4) is 11.5 Å². The fraction of sp³-hybridized carbons (Fsp3) is 0.211. The van der Waals surface area contributed by atoms with Gasteiger partial charge >= 0.3 is 0 Å². The van der Waals surface area contributed by atoms with Crippen LogP contribution in [0.2, 0.25) is 5.02 Å². The van der Waals surface area contributed by atoms with Crippen LogP contribution in [-0.2, 0) is 11.2 Å². The van der Waals surface area contributed by atoms with Gasteiger partial charge in [0.05, 0.1) is 24.7 Å². The van der Waals surface area contributed by atoms with Gasteiger partial charge in [0, 0.05) is 17.0 Å². The fourth-order valence-electron chi connectivity index (χ4n) is 2.69. The highest BCUT2D eigenvalue weighted by Crippen LogP contribution is 2.38. The van der Waals surface area contributed by atoms with Gasteiger partial charge in [-0.25, -0.2) is 0 Å². The van der Waals surface area contributed by atoms with Gasteiger partial charge in [0.2, 0.25) is 5.91 Å². The molecule has 6 nitrogen and oxygen atoms in total. The van der Waals surface area contributed by atoms with Crippen molar-refractivity contribution in [2.45, 2.75) is 22.1 Å². The quantitative estimate of drug-likeness (QED) is 0.629. The van der Waals surface area contributed by atoms with Gasteiger partial charge < -0.3 is 14.8 Å². The molecule has 2 heterocycles. The third kappa shape index (κ3) is 4.76. The largest absolute Gasteiger partial charge is 0.489 e. The lowest BCUT2D eigenvalue weighted by molar-refractivity contribution is -0.115. The molecule has 9 heteroatoms. The Morgan fingerprint density at radius 1 is 1.21 bits per heavy atom. The summed E-state index contributed by atoms with van der Waals surface area (Å²) < 4.78 is 12.2. The SMILES string of the molecule is O=C(Cc1cc(Cl)c2c(c1)OCCCO2)Nc1ccc(Sc2nncs2)cc1. The van der Waals surface area contributed by atoms with E-state index in [1.165, 1.54) is 23.1 Å². The van der Waals surface area contributed by atoms with Gasteiger partial charge in [0.1, 0.15) is 5.51 Å². The average molecular weight is 434 g/mol. The summed E-state index contributed by atoms with van der Waals surface area (Å²) in [7, 11) is 0. The molecular weight excluding hydrogens is 418 g/mol. The second-order valence-electron chi connectivity index (χ2n) is 6.01. The summed E-state index contributed by atoms with van der Waals surface area (Å²) in [6, 6.07) is 11.2. The minimum absolute atomic E-state index is 0.130. The van der Waals surface area contributed by atoms with Crippen molar-refractivity contribution in [2.24, 2.45) is 0 Å². The molecule has 0 unspecified atom stereocenters. The molecule has 0 bridgehead atoms. The van der Waals surface area contributed by atoms with Gasteiger partial charge in [-0.3, -0.25) is 4.79 Å². The Morgan fingerprint density at radius 3 is 2.82 bits per heavy atom. The number of benzene rings is 2. The average Bonchev–Trinajstić information content (AvgIpc) is 3.06. The van der Waals surface area contributed by atoms with Crippen LogP contribution >= 0.6 is 34.7 Å². The van der Waals surface area contributed by atoms with Crippen molar-refractivity contribution in [1.29, 1.82) is 0 Å². The number of carbonyl (C=O) groups excluding carboxylic acids is 1. The van der Waals surface area contributed by atoms with E-state index in [4.69, 9.17) is 21.1 Å². The molecule has 1 N–H and O–H groups in total. The highest BCUT2D eigenvalue weighted by molar-refractivity contribution is 8.01. The number of hydrogen-bond acceptors (Lipinski definition) is 7. The first-order chi connectivity index (χ1) is 13.7. The third-order valence-electron chi connectivity index (χ3n) is 3.91. The van der Waals surface area contributed by atoms with Crippen LogP contribution in [0.25, 0.3) is 0 Å². The van der Waals surface area contributed by atoms with Crippen molar-refractivity contribution < 1.29 is 14.3 Å². The van der Waals surface area contributed by atoms with E-state index in [0.717, 1.165) is 26.9 Å². The number of fused-ring (bicyclic) bond motifs is 1. The van der Waals surface area contributed by atoms with Crippen LogP contribution in [0.5, 0.6) is 11.5 Å². The lowest BCUT2D eigenvalue weighted by Gasteiger charge is -2.12.